The van der Waals surface area contributed by atoms with E-state index in [1.165, 1.54) is 11.3 Å². The molecule has 0 amide bonds. The predicted molar refractivity (Wildman–Crippen MR) is 80.9 cm³/mol. The van der Waals surface area contributed by atoms with Gasteiger partial charge in [0.1, 0.15) is 10.8 Å². The maximum atomic E-state index is 6.14. The van der Waals surface area contributed by atoms with Gasteiger partial charge < -0.3 is 10.7 Å². The number of rotatable bonds is 2. The molecule has 4 nitrogen and oxygen atoms in total. The first kappa shape index (κ1) is 12.1. The smallest absolute Gasteiger partial charge is 0.114 e. The third kappa shape index (κ3) is 2.03. The maximum absolute atomic E-state index is 6.14. The summed E-state index contributed by atoms with van der Waals surface area (Å²) in [4.78, 5) is 14.1. The molecular formula is C15H16N4S. The second-order valence-electron chi connectivity index (χ2n) is 5.29. The van der Waals surface area contributed by atoms with E-state index >= 15 is 0 Å². The van der Waals surface area contributed by atoms with Crippen LogP contribution in [0.3, 0.4) is 0 Å². The Bertz CT molecular complexity index is 725. The Morgan fingerprint density at radius 2 is 2.20 bits per heavy atom. The summed E-state index contributed by atoms with van der Waals surface area (Å²) in [7, 11) is 0. The van der Waals surface area contributed by atoms with E-state index in [1.807, 2.05) is 18.2 Å². The fourth-order valence-corrected chi connectivity index (χ4v) is 4.00. The van der Waals surface area contributed by atoms with Crippen LogP contribution in [0.15, 0.2) is 24.3 Å². The Kier molecular flexibility index (Phi) is 2.82. The minimum atomic E-state index is 0.124. The highest BCUT2D eigenvalue weighted by atomic mass is 32.1. The van der Waals surface area contributed by atoms with Crippen LogP contribution < -0.4 is 5.73 Å². The molecule has 0 saturated heterocycles. The van der Waals surface area contributed by atoms with Crippen LogP contribution in [0.2, 0.25) is 0 Å². The first-order valence-corrected chi connectivity index (χ1v) is 7.79. The summed E-state index contributed by atoms with van der Waals surface area (Å²) < 4.78 is 0. The summed E-state index contributed by atoms with van der Waals surface area (Å²) in [5.74, 6) is 0.978. The molecule has 0 spiro atoms. The normalized spacial score (nSPS) is 18.4. The Hall–Kier alpha value is -1.72. The topological polar surface area (TPSA) is 67.6 Å². The lowest BCUT2D eigenvalue weighted by Crippen LogP contribution is -2.16. The van der Waals surface area contributed by atoms with Crippen molar-refractivity contribution in [2.45, 2.75) is 31.7 Å². The summed E-state index contributed by atoms with van der Waals surface area (Å²) in [5, 5.41) is 1.12. The van der Waals surface area contributed by atoms with Crippen molar-refractivity contribution in [1.29, 1.82) is 0 Å². The Morgan fingerprint density at radius 1 is 1.30 bits per heavy atom. The fourth-order valence-electron chi connectivity index (χ4n) is 2.81. The summed E-state index contributed by atoms with van der Waals surface area (Å²) >= 11 is 1.79. The lowest BCUT2D eigenvalue weighted by Gasteiger charge is -2.15. The van der Waals surface area contributed by atoms with Gasteiger partial charge in [0.2, 0.25) is 0 Å². The van der Waals surface area contributed by atoms with Crippen LogP contribution in [0.1, 0.15) is 40.3 Å². The van der Waals surface area contributed by atoms with Gasteiger partial charge in [-0.2, -0.15) is 0 Å². The van der Waals surface area contributed by atoms with Crippen molar-refractivity contribution in [3.63, 3.8) is 0 Å². The zero-order valence-corrected chi connectivity index (χ0v) is 11.9. The van der Waals surface area contributed by atoms with E-state index in [2.05, 4.69) is 16.0 Å². The molecule has 1 aliphatic carbocycles. The summed E-state index contributed by atoms with van der Waals surface area (Å²) in [5.41, 5.74) is 9.35. The Morgan fingerprint density at radius 3 is 3.05 bits per heavy atom. The molecule has 0 fully saturated rings. The molecule has 3 N–H and O–H groups in total. The number of nitrogens with two attached hydrogens (primary N) is 1. The second-order valence-corrected chi connectivity index (χ2v) is 6.46. The zero-order valence-electron chi connectivity index (χ0n) is 11.1. The molecule has 0 bridgehead atoms. The highest BCUT2D eigenvalue weighted by Crippen LogP contribution is 2.32. The van der Waals surface area contributed by atoms with Crippen molar-refractivity contribution >= 4 is 22.4 Å². The molecule has 20 heavy (non-hydrogen) atoms. The van der Waals surface area contributed by atoms with Crippen LogP contribution in [0.4, 0.5) is 0 Å². The highest BCUT2D eigenvalue weighted by molar-refractivity contribution is 7.11. The van der Waals surface area contributed by atoms with E-state index in [4.69, 9.17) is 10.7 Å². The molecule has 5 heteroatoms. The minimum absolute atomic E-state index is 0.124. The number of imidazole rings is 1. The molecule has 102 valence electrons. The standard InChI is InChI=1S/C15H16N4S/c16-9-4-3-7-12-15(9)19-14(20-12)8-13-17-10-5-1-2-6-11(10)18-13/h1-2,5-6,9H,3-4,7-8,16H2,(H,17,18). The van der Waals surface area contributed by atoms with Crippen LogP contribution in [0.5, 0.6) is 0 Å². The molecular weight excluding hydrogens is 268 g/mol. The molecule has 2 aromatic heterocycles. The van der Waals surface area contributed by atoms with Gasteiger partial charge in [-0.1, -0.05) is 12.1 Å². The number of aromatic nitrogens is 3. The number of fused-ring (bicyclic) bond motifs is 2. The van der Waals surface area contributed by atoms with Gasteiger partial charge in [-0.05, 0) is 31.4 Å². The molecule has 1 aliphatic rings. The van der Waals surface area contributed by atoms with Crippen LogP contribution in [0.25, 0.3) is 11.0 Å². The average molecular weight is 284 g/mol. The monoisotopic (exact) mass is 284 g/mol. The fraction of sp³-hybridized carbons (Fsp3) is 0.333. The van der Waals surface area contributed by atoms with Crippen LogP contribution in [0, 0.1) is 0 Å². The number of aromatic amines is 1. The van der Waals surface area contributed by atoms with Crippen molar-refractivity contribution in [2.24, 2.45) is 5.73 Å². The average Bonchev–Trinajstić information content (AvgIpc) is 3.02. The molecule has 1 aromatic carbocycles. The molecule has 2 heterocycles. The number of hydrogen-bond acceptors (Lipinski definition) is 4. The molecule has 1 unspecified atom stereocenters. The summed E-state index contributed by atoms with van der Waals surface area (Å²) in [6, 6.07) is 8.23. The Balaban J connectivity index is 1.65. The molecule has 0 aliphatic heterocycles. The van der Waals surface area contributed by atoms with Crippen molar-refractivity contribution in [2.75, 3.05) is 0 Å². The number of nitrogens with zero attached hydrogens (tertiary/aromatic N) is 2. The number of nitrogens with one attached hydrogen (secondary N) is 1. The van der Waals surface area contributed by atoms with Crippen LogP contribution in [-0.4, -0.2) is 15.0 Å². The number of thiazole rings is 1. The quantitative estimate of drug-likeness (QED) is 0.760. The number of hydrogen-bond donors (Lipinski definition) is 2. The Labute approximate surface area is 121 Å². The van der Waals surface area contributed by atoms with Crippen molar-refractivity contribution in [3.05, 3.63) is 45.7 Å². The molecule has 4 rings (SSSR count). The van der Waals surface area contributed by atoms with E-state index in [-0.39, 0.29) is 6.04 Å². The van der Waals surface area contributed by atoms with Gasteiger partial charge in [0.05, 0.1) is 23.1 Å². The number of benzene rings is 1. The maximum Gasteiger partial charge on any atom is 0.114 e. The lowest BCUT2D eigenvalue weighted by atomic mass is 9.99. The predicted octanol–water partition coefficient (Wildman–Crippen LogP) is 2.95. The first-order valence-electron chi connectivity index (χ1n) is 6.97. The van der Waals surface area contributed by atoms with Gasteiger partial charge >= 0.3 is 0 Å². The van der Waals surface area contributed by atoms with E-state index in [9.17, 15) is 0 Å². The lowest BCUT2D eigenvalue weighted by molar-refractivity contribution is 0.562. The number of H-pyrrole nitrogens is 1. The molecule has 0 radical (unpaired) electrons. The molecule has 3 aromatic rings. The van der Waals surface area contributed by atoms with E-state index < -0.39 is 0 Å². The van der Waals surface area contributed by atoms with Gasteiger partial charge in [0.25, 0.3) is 0 Å². The highest BCUT2D eigenvalue weighted by Gasteiger charge is 2.22. The van der Waals surface area contributed by atoms with Crippen LogP contribution in [-0.2, 0) is 12.8 Å². The van der Waals surface area contributed by atoms with E-state index in [1.54, 1.807) is 11.3 Å². The summed E-state index contributed by atoms with van der Waals surface area (Å²) in [6.45, 7) is 0. The third-order valence-electron chi connectivity index (χ3n) is 3.80. The van der Waals surface area contributed by atoms with Gasteiger partial charge in [0, 0.05) is 10.9 Å². The van der Waals surface area contributed by atoms with E-state index in [0.717, 1.165) is 46.8 Å². The van der Waals surface area contributed by atoms with Gasteiger partial charge in [-0.3, -0.25) is 0 Å². The molecule has 0 saturated carbocycles. The second kappa shape index (κ2) is 4.68. The number of para-hydroxylation sites is 2. The van der Waals surface area contributed by atoms with Gasteiger partial charge in [0.15, 0.2) is 0 Å². The molecule has 1 atom stereocenters. The van der Waals surface area contributed by atoms with Gasteiger partial charge in [-0.25, -0.2) is 9.97 Å². The number of aryl methyl sites for hydroxylation is 1. The summed E-state index contributed by atoms with van der Waals surface area (Å²) in [6.07, 6.45) is 4.13. The van der Waals surface area contributed by atoms with E-state index in [0.29, 0.717) is 0 Å². The first-order chi connectivity index (χ1) is 9.79. The third-order valence-corrected chi connectivity index (χ3v) is 4.93. The zero-order chi connectivity index (χ0) is 13.5. The van der Waals surface area contributed by atoms with Crippen LogP contribution >= 0.6 is 11.3 Å². The van der Waals surface area contributed by atoms with Crippen molar-refractivity contribution in [1.82, 2.24) is 15.0 Å². The van der Waals surface area contributed by atoms with Gasteiger partial charge in [-0.15, -0.1) is 11.3 Å². The minimum Gasteiger partial charge on any atom is -0.342 e. The SMILES string of the molecule is NC1CCCc2sc(Cc3nc4ccccc4[nH]3)nc21. The van der Waals surface area contributed by atoms with Crippen molar-refractivity contribution in [3.8, 4) is 0 Å². The largest absolute Gasteiger partial charge is 0.342 e. The van der Waals surface area contributed by atoms with Crippen molar-refractivity contribution < 1.29 is 0 Å².